The number of rotatable bonds is 8. The van der Waals surface area contributed by atoms with Crippen LogP contribution in [0.2, 0.25) is 0 Å². The Hall–Kier alpha value is -3.85. The van der Waals surface area contributed by atoms with E-state index in [1.54, 1.807) is 0 Å². The Labute approximate surface area is 188 Å². The SMILES string of the molecule is [N-]=[N+]=NC[C@H]1O[C@@H](n2cc(Cc3cccc(OCc4ccccc4)c3)c(=O)[nH]c2=O)C[C@@H]1O. The summed E-state index contributed by atoms with van der Waals surface area (Å²) < 4.78 is 12.8. The van der Waals surface area contributed by atoms with Gasteiger partial charge in [0, 0.05) is 29.5 Å². The van der Waals surface area contributed by atoms with Gasteiger partial charge in [-0.2, -0.15) is 0 Å². The van der Waals surface area contributed by atoms with Crippen molar-refractivity contribution in [2.45, 2.75) is 37.9 Å². The second-order valence-electron chi connectivity index (χ2n) is 7.77. The third-order valence-electron chi connectivity index (χ3n) is 5.42. The molecule has 0 saturated carbocycles. The summed E-state index contributed by atoms with van der Waals surface area (Å²) in [7, 11) is 0. The van der Waals surface area contributed by atoms with Crippen molar-refractivity contribution in [3.8, 4) is 5.75 Å². The van der Waals surface area contributed by atoms with Crippen molar-refractivity contribution in [2.75, 3.05) is 6.54 Å². The average molecular weight is 449 g/mol. The van der Waals surface area contributed by atoms with Crippen LogP contribution in [-0.4, -0.2) is 33.4 Å². The lowest BCUT2D eigenvalue weighted by Gasteiger charge is -2.15. The number of aliphatic hydroxyl groups is 1. The van der Waals surface area contributed by atoms with Gasteiger partial charge in [-0.1, -0.05) is 47.6 Å². The molecule has 10 heteroatoms. The summed E-state index contributed by atoms with van der Waals surface area (Å²) in [5.41, 5.74) is 9.60. The molecule has 10 nitrogen and oxygen atoms in total. The summed E-state index contributed by atoms with van der Waals surface area (Å²) in [4.78, 5) is 29.8. The summed E-state index contributed by atoms with van der Waals surface area (Å²) in [5, 5.41) is 13.6. The topological polar surface area (TPSA) is 142 Å². The van der Waals surface area contributed by atoms with E-state index in [1.807, 2.05) is 54.6 Å². The summed E-state index contributed by atoms with van der Waals surface area (Å²) in [6.07, 6.45) is -0.517. The van der Waals surface area contributed by atoms with Crippen LogP contribution in [0.5, 0.6) is 5.75 Å². The van der Waals surface area contributed by atoms with Crippen LogP contribution in [0.25, 0.3) is 10.4 Å². The molecule has 0 radical (unpaired) electrons. The third-order valence-corrected chi connectivity index (χ3v) is 5.42. The number of hydrogen-bond donors (Lipinski definition) is 2. The van der Waals surface area contributed by atoms with E-state index < -0.39 is 29.7 Å². The molecule has 0 spiro atoms. The van der Waals surface area contributed by atoms with Crippen molar-refractivity contribution in [1.29, 1.82) is 0 Å². The average Bonchev–Trinajstić information content (AvgIpc) is 3.19. The zero-order valence-corrected chi connectivity index (χ0v) is 17.7. The molecule has 0 amide bonds. The highest BCUT2D eigenvalue weighted by Crippen LogP contribution is 2.28. The molecular formula is C23H23N5O5. The second kappa shape index (κ2) is 10.2. The first-order valence-electron chi connectivity index (χ1n) is 10.5. The Balaban J connectivity index is 1.50. The lowest BCUT2D eigenvalue weighted by atomic mass is 10.1. The van der Waals surface area contributed by atoms with Gasteiger partial charge in [0.05, 0.1) is 18.8 Å². The van der Waals surface area contributed by atoms with Crippen LogP contribution in [0.3, 0.4) is 0 Å². The first kappa shape index (κ1) is 22.3. The normalized spacial score (nSPS) is 19.7. The molecule has 3 aromatic rings. The quantitative estimate of drug-likeness (QED) is 0.309. The standard InChI is InChI=1S/C23H23N5O5/c24-27-25-12-20-19(29)11-21(33-20)28-13-17(22(30)26-23(28)31)9-16-7-4-8-18(10-16)32-14-15-5-2-1-3-6-15/h1-8,10,13,19-21,29H,9,11-12,14H2,(H,26,30,31)/t19-,20+,21+/m0/s1. The molecule has 0 unspecified atom stereocenters. The molecule has 3 atom stereocenters. The van der Waals surface area contributed by atoms with Gasteiger partial charge in [-0.15, -0.1) is 0 Å². The van der Waals surface area contributed by atoms with Crippen LogP contribution in [-0.2, 0) is 17.8 Å². The number of aliphatic hydroxyl groups excluding tert-OH is 1. The molecule has 2 heterocycles. The number of nitrogens with zero attached hydrogens (tertiary/aromatic N) is 4. The Kier molecular flexibility index (Phi) is 6.89. The molecule has 0 aliphatic carbocycles. The molecular weight excluding hydrogens is 426 g/mol. The fourth-order valence-electron chi connectivity index (χ4n) is 3.74. The van der Waals surface area contributed by atoms with Gasteiger partial charge in [0.1, 0.15) is 18.6 Å². The molecule has 1 aromatic heterocycles. The van der Waals surface area contributed by atoms with Crippen LogP contribution >= 0.6 is 0 Å². The number of azide groups is 1. The van der Waals surface area contributed by atoms with Crippen LogP contribution in [0.1, 0.15) is 29.3 Å². The number of aromatic nitrogens is 2. The fourth-order valence-corrected chi connectivity index (χ4v) is 3.74. The highest BCUT2D eigenvalue weighted by Gasteiger charge is 2.35. The first-order chi connectivity index (χ1) is 16.0. The van der Waals surface area contributed by atoms with Gasteiger partial charge < -0.3 is 14.6 Å². The minimum atomic E-state index is -0.888. The molecule has 2 N–H and O–H groups in total. The van der Waals surface area contributed by atoms with E-state index >= 15 is 0 Å². The summed E-state index contributed by atoms with van der Waals surface area (Å²) in [6.45, 7) is 0.378. The smallest absolute Gasteiger partial charge is 0.330 e. The summed E-state index contributed by atoms with van der Waals surface area (Å²) in [5.74, 6) is 0.671. The Morgan fingerprint density at radius 2 is 1.97 bits per heavy atom. The summed E-state index contributed by atoms with van der Waals surface area (Å²) in [6, 6.07) is 17.2. The van der Waals surface area contributed by atoms with Gasteiger partial charge in [-0.3, -0.25) is 14.3 Å². The van der Waals surface area contributed by atoms with E-state index in [0.717, 1.165) is 11.1 Å². The van der Waals surface area contributed by atoms with Crippen LogP contribution < -0.4 is 16.0 Å². The second-order valence-corrected chi connectivity index (χ2v) is 7.77. The highest BCUT2D eigenvalue weighted by molar-refractivity contribution is 5.32. The number of benzene rings is 2. The largest absolute Gasteiger partial charge is 0.489 e. The van der Waals surface area contributed by atoms with Gasteiger partial charge >= 0.3 is 5.69 Å². The van der Waals surface area contributed by atoms with Gasteiger partial charge in [-0.05, 0) is 28.8 Å². The van der Waals surface area contributed by atoms with E-state index in [1.165, 1.54) is 10.8 Å². The van der Waals surface area contributed by atoms with Gasteiger partial charge in [0.25, 0.3) is 5.56 Å². The highest BCUT2D eigenvalue weighted by atomic mass is 16.5. The minimum absolute atomic E-state index is 0.0467. The van der Waals surface area contributed by atoms with E-state index in [-0.39, 0.29) is 19.4 Å². The molecule has 33 heavy (non-hydrogen) atoms. The molecule has 2 aromatic carbocycles. The van der Waals surface area contributed by atoms with Gasteiger partial charge in [0.2, 0.25) is 0 Å². The zero-order valence-electron chi connectivity index (χ0n) is 17.7. The molecule has 1 aliphatic rings. The van der Waals surface area contributed by atoms with Gasteiger partial charge in [-0.25, -0.2) is 4.79 Å². The maximum Gasteiger partial charge on any atom is 0.330 e. The predicted molar refractivity (Wildman–Crippen MR) is 120 cm³/mol. The monoisotopic (exact) mass is 449 g/mol. The number of H-pyrrole nitrogens is 1. The fraction of sp³-hybridized carbons (Fsp3) is 0.304. The van der Waals surface area contributed by atoms with Crippen molar-refractivity contribution < 1.29 is 14.6 Å². The molecule has 1 saturated heterocycles. The van der Waals surface area contributed by atoms with Crippen molar-refractivity contribution in [1.82, 2.24) is 9.55 Å². The Morgan fingerprint density at radius 3 is 2.76 bits per heavy atom. The summed E-state index contributed by atoms with van der Waals surface area (Å²) >= 11 is 0. The van der Waals surface area contributed by atoms with E-state index in [9.17, 15) is 14.7 Å². The van der Waals surface area contributed by atoms with Gasteiger partial charge in [0.15, 0.2) is 0 Å². The Morgan fingerprint density at radius 1 is 1.18 bits per heavy atom. The first-order valence-corrected chi connectivity index (χ1v) is 10.5. The number of nitrogens with one attached hydrogen (secondary N) is 1. The lowest BCUT2D eigenvalue weighted by Crippen LogP contribution is -2.34. The van der Waals surface area contributed by atoms with Crippen LogP contribution in [0.4, 0.5) is 0 Å². The number of ether oxygens (including phenoxy) is 2. The maximum atomic E-state index is 12.4. The van der Waals surface area contributed by atoms with Crippen molar-refractivity contribution >= 4 is 0 Å². The van der Waals surface area contributed by atoms with Crippen molar-refractivity contribution in [3.63, 3.8) is 0 Å². The third kappa shape index (κ3) is 5.50. The number of hydrogen-bond acceptors (Lipinski definition) is 6. The molecule has 1 fully saturated rings. The lowest BCUT2D eigenvalue weighted by molar-refractivity contribution is -0.0151. The number of aromatic amines is 1. The molecule has 4 rings (SSSR count). The molecule has 170 valence electrons. The van der Waals surface area contributed by atoms with Crippen molar-refractivity contribution in [3.05, 3.63) is 109 Å². The van der Waals surface area contributed by atoms with Crippen LogP contribution in [0, 0.1) is 0 Å². The maximum absolute atomic E-state index is 12.4. The van der Waals surface area contributed by atoms with Crippen LogP contribution in [0.15, 0.2) is 75.5 Å². The van der Waals surface area contributed by atoms with E-state index in [2.05, 4.69) is 15.0 Å². The van der Waals surface area contributed by atoms with Crippen molar-refractivity contribution in [2.24, 2.45) is 5.11 Å². The van der Waals surface area contributed by atoms with E-state index in [4.69, 9.17) is 15.0 Å². The minimum Gasteiger partial charge on any atom is -0.489 e. The van der Waals surface area contributed by atoms with E-state index in [0.29, 0.717) is 17.9 Å². The molecule has 1 aliphatic heterocycles. The predicted octanol–water partition coefficient (Wildman–Crippen LogP) is 2.67. The Bertz CT molecular complexity index is 1270. The zero-order chi connectivity index (χ0) is 23.2. The molecule has 0 bridgehead atoms.